The molecule has 1 N–H and O–H groups in total. The number of benzene rings is 1. The lowest BCUT2D eigenvalue weighted by Crippen LogP contribution is -1.96. The van der Waals surface area contributed by atoms with Gasteiger partial charge in [-0.15, -0.1) is 0 Å². The Hall–Kier alpha value is -1.92. The molecule has 0 bridgehead atoms. The fourth-order valence-electron chi connectivity index (χ4n) is 0.974. The first-order valence-electron chi connectivity index (χ1n) is 3.90. The highest BCUT2D eigenvalue weighted by atomic mass is 79.9. The molecule has 0 saturated heterocycles. The van der Waals surface area contributed by atoms with Crippen molar-refractivity contribution < 1.29 is 13.9 Å². The maximum Gasteiger partial charge on any atom is 0.173 e. The van der Waals surface area contributed by atoms with Gasteiger partial charge in [0.25, 0.3) is 0 Å². The van der Waals surface area contributed by atoms with Gasteiger partial charge in [-0.3, -0.25) is 0 Å². The Balaban J connectivity index is 3.50. The number of nitriles is 2. The zero-order valence-corrected chi connectivity index (χ0v) is 9.22. The first kappa shape index (κ1) is 12.2. The lowest BCUT2D eigenvalue weighted by molar-refractivity contribution is 0.475. The van der Waals surface area contributed by atoms with E-state index in [4.69, 9.17) is 10.5 Å². The van der Waals surface area contributed by atoms with Crippen LogP contribution in [0.2, 0.25) is 0 Å². The van der Waals surface area contributed by atoms with Crippen LogP contribution in [0.5, 0.6) is 0 Å². The van der Waals surface area contributed by atoms with Crippen LogP contribution in [-0.4, -0.2) is 5.11 Å². The number of nitrogens with zero attached hydrogens (tertiary/aromatic N) is 2. The third-order valence-electron chi connectivity index (χ3n) is 1.75. The zero-order valence-electron chi connectivity index (χ0n) is 7.63. The molecule has 0 heterocycles. The summed E-state index contributed by atoms with van der Waals surface area (Å²) in [6.07, 6.45) is 0. The maximum atomic E-state index is 13.3. The Morgan fingerprint density at radius 1 is 1.19 bits per heavy atom. The van der Waals surface area contributed by atoms with Crippen molar-refractivity contribution in [3.05, 3.63) is 39.4 Å². The molecular formula is C10H3BrF2N2O. The fraction of sp³-hybridized carbons (Fsp3) is 0. The van der Waals surface area contributed by atoms with E-state index in [-0.39, 0.29) is 4.47 Å². The Kier molecular flexibility index (Phi) is 3.60. The molecule has 0 amide bonds. The second-order valence-corrected chi connectivity index (χ2v) is 3.52. The van der Waals surface area contributed by atoms with Crippen molar-refractivity contribution in [2.75, 3.05) is 0 Å². The maximum absolute atomic E-state index is 13.3. The van der Waals surface area contributed by atoms with Crippen LogP contribution in [0, 0.1) is 34.3 Å². The summed E-state index contributed by atoms with van der Waals surface area (Å²) in [7, 11) is 0. The summed E-state index contributed by atoms with van der Waals surface area (Å²) in [5.41, 5.74) is -1.21. The predicted molar refractivity (Wildman–Crippen MR) is 54.8 cm³/mol. The van der Waals surface area contributed by atoms with Crippen LogP contribution in [0.1, 0.15) is 5.56 Å². The molecule has 0 atom stereocenters. The molecule has 0 aliphatic carbocycles. The van der Waals surface area contributed by atoms with Gasteiger partial charge in [0.15, 0.2) is 23.0 Å². The Morgan fingerprint density at radius 2 is 1.75 bits per heavy atom. The number of aliphatic hydroxyl groups is 1. The lowest BCUT2D eigenvalue weighted by atomic mass is 10.1. The van der Waals surface area contributed by atoms with Crippen molar-refractivity contribution >= 4 is 21.7 Å². The van der Waals surface area contributed by atoms with Crippen molar-refractivity contribution in [3.63, 3.8) is 0 Å². The molecule has 0 saturated carbocycles. The van der Waals surface area contributed by atoms with Crippen molar-refractivity contribution in [1.82, 2.24) is 0 Å². The Morgan fingerprint density at radius 3 is 2.25 bits per heavy atom. The molecule has 3 nitrogen and oxygen atoms in total. The largest absolute Gasteiger partial charge is 0.505 e. The smallest absolute Gasteiger partial charge is 0.173 e. The molecule has 80 valence electrons. The minimum Gasteiger partial charge on any atom is -0.505 e. The van der Waals surface area contributed by atoms with Gasteiger partial charge in [0.05, 0.1) is 10.0 Å². The minimum atomic E-state index is -1.32. The number of rotatable bonds is 1. The van der Waals surface area contributed by atoms with Crippen LogP contribution < -0.4 is 0 Å². The summed E-state index contributed by atoms with van der Waals surface area (Å²) >= 11 is 2.76. The van der Waals surface area contributed by atoms with Gasteiger partial charge < -0.3 is 5.11 Å². The topological polar surface area (TPSA) is 67.8 Å². The van der Waals surface area contributed by atoms with E-state index in [2.05, 4.69) is 15.9 Å². The monoisotopic (exact) mass is 284 g/mol. The highest BCUT2D eigenvalue weighted by molar-refractivity contribution is 9.10. The summed E-state index contributed by atoms with van der Waals surface area (Å²) in [6, 6.07) is 4.98. The summed E-state index contributed by atoms with van der Waals surface area (Å²) in [5.74, 6) is -3.40. The minimum absolute atomic E-state index is 0.114. The van der Waals surface area contributed by atoms with Gasteiger partial charge in [0, 0.05) is 0 Å². The molecule has 0 spiro atoms. The van der Waals surface area contributed by atoms with Crippen LogP contribution in [0.15, 0.2) is 22.2 Å². The number of hydrogen-bond donors (Lipinski definition) is 1. The predicted octanol–water partition coefficient (Wildman–Crippen LogP) is 3.04. The third-order valence-corrected chi connectivity index (χ3v) is 2.36. The van der Waals surface area contributed by atoms with E-state index in [0.29, 0.717) is 0 Å². The van der Waals surface area contributed by atoms with Gasteiger partial charge in [0.2, 0.25) is 0 Å². The Labute approximate surface area is 98.0 Å². The van der Waals surface area contributed by atoms with E-state index < -0.39 is 28.5 Å². The SMILES string of the molecule is N#CC(C#N)=C(O)c1ccc(Br)c(F)c1F. The average molecular weight is 285 g/mol. The standard InChI is InChI=1S/C10H3BrF2N2O/c11-7-2-1-6(8(12)9(7)13)10(16)5(3-14)4-15/h1-2,16H. The summed E-state index contributed by atoms with van der Waals surface area (Å²) in [4.78, 5) is 0. The molecular weight excluding hydrogens is 282 g/mol. The van der Waals surface area contributed by atoms with Crippen LogP contribution >= 0.6 is 15.9 Å². The van der Waals surface area contributed by atoms with Crippen molar-refractivity contribution in [2.45, 2.75) is 0 Å². The molecule has 0 aliphatic rings. The van der Waals surface area contributed by atoms with Crippen LogP contribution in [0.3, 0.4) is 0 Å². The van der Waals surface area contributed by atoms with E-state index >= 15 is 0 Å². The zero-order chi connectivity index (χ0) is 12.3. The van der Waals surface area contributed by atoms with Crippen LogP contribution in [0.25, 0.3) is 5.76 Å². The molecule has 0 fully saturated rings. The summed E-state index contributed by atoms with van der Waals surface area (Å²) in [5, 5.41) is 26.3. The second-order valence-electron chi connectivity index (χ2n) is 2.67. The molecule has 0 aromatic heterocycles. The van der Waals surface area contributed by atoms with Crippen molar-refractivity contribution in [3.8, 4) is 12.1 Å². The van der Waals surface area contributed by atoms with Crippen molar-refractivity contribution in [1.29, 1.82) is 10.5 Å². The molecule has 0 unspecified atom stereocenters. The second kappa shape index (κ2) is 4.73. The quantitative estimate of drug-likeness (QED) is 0.490. The fourth-order valence-corrected chi connectivity index (χ4v) is 1.28. The van der Waals surface area contributed by atoms with E-state index in [1.165, 1.54) is 12.1 Å². The normalized spacial score (nSPS) is 9.06. The first-order valence-corrected chi connectivity index (χ1v) is 4.69. The molecule has 0 radical (unpaired) electrons. The highest BCUT2D eigenvalue weighted by Gasteiger charge is 2.17. The van der Waals surface area contributed by atoms with Crippen LogP contribution in [-0.2, 0) is 0 Å². The van der Waals surface area contributed by atoms with Gasteiger partial charge in [-0.05, 0) is 28.1 Å². The number of allylic oxidation sites excluding steroid dienone is 1. The van der Waals surface area contributed by atoms with E-state index in [0.717, 1.165) is 12.1 Å². The average Bonchev–Trinajstić information content (AvgIpc) is 2.27. The van der Waals surface area contributed by atoms with Gasteiger partial charge >= 0.3 is 0 Å². The van der Waals surface area contributed by atoms with Gasteiger partial charge in [-0.1, -0.05) is 0 Å². The lowest BCUT2D eigenvalue weighted by Gasteiger charge is -2.04. The third kappa shape index (κ3) is 2.02. The van der Waals surface area contributed by atoms with Gasteiger partial charge in [-0.25, -0.2) is 8.78 Å². The first-order chi connectivity index (χ1) is 7.52. The van der Waals surface area contributed by atoms with E-state index in [9.17, 15) is 13.9 Å². The summed E-state index contributed by atoms with van der Waals surface area (Å²) < 4.78 is 26.3. The highest BCUT2D eigenvalue weighted by Crippen LogP contribution is 2.25. The Bertz CT molecular complexity index is 539. The van der Waals surface area contributed by atoms with Crippen molar-refractivity contribution in [2.24, 2.45) is 0 Å². The number of hydrogen-bond acceptors (Lipinski definition) is 3. The molecule has 1 aromatic carbocycles. The molecule has 1 rings (SSSR count). The molecule has 6 heteroatoms. The number of halogens is 3. The van der Waals surface area contributed by atoms with Gasteiger partial charge in [0.1, 0.15) is 12.1 Å². The molecule has 16 heavy (non-hydrogen) atoms. The molecule has 0 aliphatic heterocycles. The van der Waals surface area contributed by atoms with E-state index in [1.807, 2.05) is 0 Å². The molecule has 1 aromatic rings. The number of aliphatic hydroxyl groups excluding tert-OH is 1. The van der Waals surface area contributed by atoms with Crippen LogP contribution in [0.4, 0.5) is 8.78 Å². The summed E-state index contributed by atoms with van der Waals surface area (Å²) in [6.45, 7) is 0. The van der Waals surface area contributed by atoms with E-state index in [1.54, 1.807) is 0 Å². The van der Waals surface area contributed by atoms with Gasteiger partial charge in [-0.2, -0.15) is 10.5 Å².